The van der Waals surface area contributed by atoms with E-state index in [9.17, 15) is 9.59 Å². The van der Waals surface area contributed by atoms with E-state index in [1.54, 1.807) is 18.2 Å². The standard InChI is InChI=1S/C23H19N5O2S2/c1-3-28-21(30)15-9-8-13(10-17(15)26-23(28)31)20(29)27-22-25-18(11-32-22)19-12(2)24-16-7-5-4-6-14(16)19/h4-11,24H,3H2,1-2H3,(H,26,31)(H,25,27,29). The summed E-state index contributed by atoms with van der Waals surface area (Å²) in [6.07, 6.45) is 0. The van der Waals surface area contributed by atoms with E-state index in [1.807, 2.05) is 37.4 Å². The van der Waals surface area contributed by atoms with Crippen LogP contribution < -0.4 is 10.9 Å². The highest BCUT2D eigenvalue weighted by Gasteiger charge is 2.16. The number of aromatic nitrogens is 4. The molecule has 0 radical (unpaired) electrons. The van der Waals surface area contributed by atoms with Gasteiger partial charge in [-0.15, -0.1) is 11.3 Å². The van der Waals surface area contributed by atoms with Crippen molar-refractivity contribution in [3.05, 3.63) is 74.2 Å². The largest absolute Gasteiger partial charge is 0.358 e. The van der Waals surface area contributed by atoms with Crippen LogP contribution in [0.1, 0.15) is 23.0 Å². The zero-order chi connectivity index (χ0) is 22.4. The first-order chi connectivity index (χ1) is 15.5. The summed E-state index contributed by atoms with van der Waals surface area (Å²) in [7, 11) is 0. The third kappa shape index (κ3) is 3.35. The molecule has 0 aliphatic heterocycles. The van der Waals surface area contributed by atoms with Crippen LogP contribution in [0.25, 0.3) is 33.1 Å². The van der Waals surface area contributed by atoms with Crippen LogP contribution in [0.15, 0.2) is 52.6 Å². The Morgan fingerprint density at radius 3 is 2.78 bits per heavy atom. The molecule has 7 nitrogen and oxygen atoms in total. The summed E-state index contributed by atoms with van der Waals surface area (Å²) in [6.45, 7) is 4.35. The minimum absolute atomic E-state index is 0.170. The summed E-state index contributed by atoms with van der Waals surface area (Å²) in [5.41, 5.74) is 4.69. The zero-order valence-electron chi connectivity index (χ0n) is 17.4. The van der Waals surface area contributed by atoms with Crippen LogP contribution in [0.5, 0.6) is 0 Å². The molecule has 0 atom stereocenters. The predicted molar refractivity (Wildman–Crippen MR) is 131 cm³/mol. The topological polar surface area (TPSA) is 95.6 Å². The lowest BCUT2D eigenvalue weighted by molar-refractivity contribution is 0.102. The fraction of sp³-hybridized carbons (Fsp3) is 0.130. The monoisotopic (exact) mass is 461 g/mol. The summed E-state index contributed by atoms with van der Waals surface area (Å²) >= 11 is 6.63. The van der Waals surface area contributed by atoms with Gasteiger partial charge in [0.05, 0.1) is 16.6 Å². The minimum atomic E-state index is -0.303. The number of para-hydroxylation sites is 1. The van der Waals surface area contributed by atoms with Crippen LogP contribution in [0.2, 0.25) is 0 Å². The number of benzene rings is 2. The summed E-state index contributed by atoms with van der Waals surface area (Å²) < 4.78 is 1.82. The third-order valence-electron chi connectivity index (χ3n) is 5.43. The van der Waals surface area contributed by atoms with E-state index >= 15 is 0 Å². The van der Waals surface area contributed by atoms with Gasteiger partial charge >= 0.3 is 0 Å². The van der Waals surface area contributed by atoms with Crippen molar-refractivity contribution in [2.45, 2.75) is 20.4 Å². The Kier molecular flexibility index (Phi) is 4.99. The number of hydrogen-bond acceptors (Lipinski definition) is 5. The summed E-state index contributed by atoms with van der Waals surface area (Å²) in [4.78, 5) is 36.4. The number of carbonyl (C=O) groups is 1. The zero-order valence-corrected chi connectivity index (χ0v) is 19.0. The maximum absolute atomic E-state index is 12.9. The number of aryl methyl sites for hydroxylation is 1. The van der Waals surface area contributed by atoms with E-state index in [4.69, 9.17) is 12.2 Å². The van der Waals surface area contributed by atoms with Gasteiger partial charge in [-0.1, -0.05) is 18.2 Å². The number of H-pyrrole nitrogens is 2. The van der Waals surface area contributed by atoms with Crippen LogP contribution in [0.4, 0.5) is 5.13 Å². The molecule has 0 saturated heterocycles. The molecule has 3 heterocycles. The smallest absolute Gasteiger partial charge is 0.262 e. The normalized spacial score (nSPS) is 11.3. The molecule has 0 bridgehead atoms. The van der Waals surface area contributed by atoms with Crippen molar-refractivity contribution in [2.24, 2.45) is 0 Å². The molecule has 9 heteroatoms. The molecule has 1 amide bonds. The second kappa shape index (κ2) is 7.85. The summed E-state index contributed by atoms with van der Waals surface area (Å²) in [5, 5.41) is 6.88. The van der Waals surface area contributed by atoms with Crippen LogP contribution in [0, 0.1) is 11.7 Å². The molecule has 0 fully saturated rings. The number of rotatable bonds is 4. The Hall–Kier alpha value is -3.56. The number of nitrogens with one attached hydrogen (secondary N) is 3. The lowest BCUT2D eigenvalue weighted by Crippen LogP contribution is -2.21. The fourth-order valence-electron chi connectivity index (χ4n) is 3.90. The van der Waals surface area contributed by atoms with E-state index < -0.39 is 0 Å². The number of aromatic amines is 2. The van der Waals surface area contributed by atoms with Gasteiger partial charge in [0, 0.05) is 39.6 Å². The molecule has 0 aliphatic rings. The molecule has 3 aromatic heterocycles. The average Bonchev–Trinajstić information content (AvgIpc) is 3.36. The molecule has 160 valence electrons. The molecule has 0 aliphatic carbocycles. The van der Waals surface area contributed by atoms with Crippen LogP contribution in [-0.2, 0) is 6.54 Å². The maximum atomic E-state index is 12.9. The Bertz CT molecular complexity index is 1620. The van der Waals surface area contributed by atoms with Gasteiger partial charge in [0.1, 0.15) is 0 Å². The van der Waals surface area contributed by atoms with Crippen LogP contribution in [0.3, 0.4) is 0 Å². The van der Waals surface area contributed by atoms with Crippen molar-refractivity contribution >= 4 is 56.4 Å². The van der Waals surface area contributed by atoms with E-state index in [-0.39, 0.29) is 11.5 Å². The van der Waals surface area contributed by atoms with Gasteiger partial charge in [-0.25, -0.2) is 4.98 Å². The highest BCUT2D eigenvalue weighted by molar-refractivity contribution is 7.71. The quantitative estimate of drug-likeness (QED) is 0.319. The van der Waals surface area contributed by atoms with E-state index in [2.05, 4.69) is 26.3 Å². The average molecular weight is 462 g/mol. The van der Waals surface area contributed by atoms with Gasteiger partial charge < -0.3 is 9.97 Å². The SMILES string of the molecule is CCn1c(=S)[nH]c2cc(C(=O)Nc3nc(-c4c(C)[nH]c5ccccc45)cs3)ccc2c1=O. The number of carbonyl (C=O) groups excluding carboxylic acids is 1. The predicted octanol–water partition coefficient (Wildman–Crippen LogP) is 5.24. The molecule has 2 aromatic carbocycles. The first-order valence-electron chi connectivity index (χ1n) is 10.1. The molecule has 0 saturated carbocycles. The van der Waals surface area contributed by atoms with Crippen molar-refractivity contribution in [3.63, 3.8) is 0 Å². The summed E-state index contributed by atoms with van der Waals surface area (Å²) in [6, 6.07) is 13.0. The molecular formula is C23H19N5O2S2. The lowest BCUT2D eigenvalue weighted by Gasteiger charge is -2.07. The number of thiazole rings is 1. The molecule has 5 rings (SSSR count). The van der Waals surface area contributed by atoms with Gasteiger partial charge in [-0.2, -0.15) is 0 Å². The molecule has 32 heavy (non-hydrogen) atoms. The van der Waals surface area contributed by atoms with Crippen molar-refractivity contribution in [1.29, 1.82) is 0 Å². The second-order valence-corrected chi connectivity index (χ2v) is 8.65. The van der Waals surface area contributed by atoms with Crippen molar-refractivity contribution in [2.75, 3.05) is 5.32 Å². The fourth-order valence-corrected chi connectivity index (χ4v) is 4.92. The number of fused-ring (bicyclic) bond motifs is 2. The van der Waals surface area contributed by atoms with Crippen LogP contribution in [-0.4, -0.2) is 25.4 Å². The van der Waals surface area contributed by atoms with E-state index in [0.29, 0.717) is 32.9 Å². The van der Waals surface area contributed by atoms with Gasteiger partial charge in [-0.05, 0) is 50.3 Å². The van der Waals surface area contributed by atoms with Gasteiger partial charge in [0.25, 0.3) is 11.5 Å². The van der Waals surface area contributed by atoms with Gasteiger partial charge in [0.15, 0.2) is 9.90 Å². The number of anilines is 1. The van der Waals surface area contributed by atoms with E-state index in [1.165, 1.54) is 15.9 Å². The van der Waals surface area contributed by atoms with E-state index in [0.717, 1.165) is 27.9 Å². The maximum Gasteiger partial charge on any atom is 0.262 e. The van der Waals surface area contributed by atoms with Gasteiger partial charge in [-0.3, -0.25) is 19.5 Å². The molecule has 5 aromatic rings. The second-order valence-electron chi connectivity index (χ2n) is 7.40. The molecule has 0 spiro atoms. The van der Waals surface area contributed by atoms with Gasteiger partial charge in [0.2, 0.25) is 0 Å². The molecular weight excluding hydrogens is 442 g/mol. The third-order valence-corrected chi connectivity index (χ3v) is 6.51. The first-order valence-corrected chi connectivity index (χ1v) is 11.4. The minimum Gasteiger partial charge on any atom is -0.358 e. The Labute approximate surface area is 191 Å². The van der Waals surface area contributed by atoms with Crippen LogP contribution >= 0.6 is 23.6 Å². The number of hydrogen-bond donors (Lipinski definition) is 3. The molecule has 3 N–H and O–H groups in total. The van der Waals surface area contributed by atoms with Crippen molar-refractivity contribution < 1.29 is 4.79 Å². The van der Waals surface area contributed by atoms with Crippen molar-refractivity contribution in [1.82, 2.24) is 19.5 Å². The first kappa shape index (κ1) is 20.3. The Morgan fingerprint density at radius 2 is 1.97 bits per heavy atom. The lowest BCUT2D eigenvalue weighted by atomic mass is 10.1. The molecule has 0 unspecified atom stereocenters. The Balaban J connectivity index is 1.45. The number of nitrogens with zero attached hydrogens (tertiary/aromatic N) is 2. The summed E-state index contributed by atoms with van der Waals surface area (Å²) in [5.74, 6) is -0.303. The Morgan fingerprint density at radius 1 is 1.16 bits per heavy atom. The highest BCUT2D eigenvalue weighted by Crippen LogP contribution is 2.34. The van der Waals surface area contributed by atoms with Crippen molar-refractivity contribution in [3.8, 4) is 11.3 Å². The highest BCUT2D eigenvalue weighted by atomic mass is 32.1. The number of amides is 1.